The zero-order chi connectivity index (χ0) is 19.7. The number of guanidine groups is 1. The molecule has 2 rings (SSSR count). The van der Waals surface area contributed by atoms with Crippen LogP contribution in [0, 0.1) is 6.92 Å². The van der Waals surface area contributed by atoms with Gasteiger partial charge in [0.1, 0.15) is 17.1 Å². The molecule has 0 amide bonds. The molecule has 0 bridgehead atoms. The highest BCUT2D eigenvalue weighted by Gasteiger charge is 2.26. The number of aliphatic hydroxyl groups is 1. The van der Waals surface area contributed by atoms with Crippen LogP contribution in [0.15, 0.2) is 51.9 Å². The molecule has 0 aliphatic carbocycles. The number of furan rings is 1. The molecule has 0 radical (unpaired) electrons. The third-order valence-electron chi connectivity index (χ3n) is 3.95. The topological polar surface area (TPSA) is 86.9 Å². The van der Waals surface area contributed by atoms with E-state index in [1.165, 1.54) is 0 Å². The van der Waals surface area contributed by atoms with Gasteiger partial charge in [0.25, 0.3) is 0 Å². The van der Waals surface area contributed by atoms with Crippen molar-refractivity contribution in [3.05, 3.63) is 59.5 Å². The van der Waals surface area contributed by atoms with Gasteiger partial charge in [0.05, 0.1) is 6.54 Å². The fourth-order valence-corrected chi connectivity index (χ4v) is 3.53. The average Bonchev–Trinajstić information content (AvgIpc) is 3.08. The summed E-state index contributed by atoms with van der Waals surface area (Å²) in [7, 11) is -0.949. The van der Waals surface area contributed by atoms with Crippen LogP contribution >= 0.6 is 24.0 Å². The van der Waals surface area contributed by atoms with Crippen LogP contribution in [0.2, 0.25) is 0 Å². The smallest absolute Gasteiger partial charge is 0.191 e. The lowest BCUT2D eigenvalue weighted by Gasteiger charge is -2.19. The largest absolute Gasteiger partial charge is 0.463 e. The molecule has 0 aliphatic heterocycles. The molecule has 6 nitrogen and oxygen atoms in total. The van der Waals surface area contributed by atoms with Gasteiger partial charge in [0.15, 0.2) is 5.96 Å². The number of hydrogen-bond acceptors (Lipinski definition) is 4. The zero-order valence-electron chi connectivity index (χ0n) is 16.6. The zero-order valence-corrected chi connectivity index (χ0v) is 19.8. The van der Waals surface area contributed by atoms with Crippen LogP contribution in [0.4, 0.5) is 0 Å². The number of benzene rings is 1. The molecule has 1 aromatic heterocycles. The van der Waals surface area contributed by atoms with Gasteiger partial charge in [-0.15, -0.1) is 24.0 Å². The average molecular weight is 519 g/mol. The Morgan fingerprint density at radius 3 is 2.54 bits per heavy atom. The summed E-state index contributed by atoms with van der Waals surface area (Å²) in [6.45, 7) is 6.87. The normalized spacial score (nSPS) is 14.6. The number of halogens is 1. The number of aryl methyl sites for hydroxylation is 1. The van der Waals surface area contributed by atoms with Gasteiger partial charge in [-0.2, -0.15) is 0 Å². The summed E-state index contributed by atoms with van der Waals surface area (Å²) in [5.74, 6) is 2.89. The number of nitrogens with one attached hydrogen (secondary N) is 2. The van der Waals surface area contributed by atoms with Crippen molar-refractivity contribution in [1.82, 2.24) is 10.6 Å². The molecule has 3 N–H and O–H groups in total. The standard InChI is InChI=1S/C20H29N3O3S.HI/c1-4-21-19(23-15-20(3,24)18-11-10-16(2)26-18)22-12-13-27(25)14-17-8-6-5-7-9-17;/h5-11,24H,4,12-15H2,1-3H3,(H2,21,22,23);1H. The van der Waals surface area contributed by atoms with E-state index in [1.54, 1.807) is 13.0 Å². The molecule has 28 heavy (non-hydrogen) atoms. The molecule has 0 fully saturated rings. The summed E-state index contributed by atoms with van der Waals surface area (Å²) in [5.41, 5.74) is -0.117. The molecule has 1 heterocycles. The minimum Gasteiger partial charge on any atom is -0.463 e. The van der Waals surface area contributed by atoms with E-state index in [0.29, 0.717) is 36.3 Å². The summed E-state index contributed by atoms with van der Waals surface area (Å²) >= 11 is 0. The van der Waals surface area contributed by atoms with E-state index in [2.05, 4.69) is 15.6 Å². The van der Waals surface area contributed by atoms with Crippen molar-refractivity contribution in [3.8, 4) is 0 Å². The van der Waals surface area contributed by atoms with Crippen LogP contribution in [-0.4, -0.2) is 40.7 Å². The fraction of sp³-hybridized carbons (Fsp3) is 0.450. The van der Waals surface area contributed by atoms with Crippen LogP contribution < -0.4 is 10.6 Å². The lowest BCUT2D eigenvalue weighted by atomic mass is 10.0. The highest BCUT2D eigenvalue weighted by molar-refractivity contribution is 14.0. The van der Waals surface area contributed by atoms with Crippen molar-refractivity contribution in [3.63, 3.8) is 0 Å². The lowest BCUT2D eigenvalue weighted by Crippen LogP contribution is -2.40. The third kappa shape index (κ3) is 8.32. The molecular formula is C20H30IN3O3S. The summed E-state index contributed by atoms with van der Waals surface area (Å²) in [6.07, 6.45) is 0. The van der Waals surface area contributed by atoms with Gasteiger partial charge < -0.3 is 20.2 Å². The predicted molar refractivity (Wildman–Crippen MR) is 126 cm³/mol. The lowest BCUT2D eigenvalue weighted by molar-refractivity contribution is 0.0428. The molecule has 0 saturated heterocycles. The van der Waals surface area contributed by atoms with Crippen LogP contribution in [0.1, 0.15) is 30.9 Å². The number of aliphatic imine (C=N–C) groups is 1. The van der Waals surface area contributed by atoms with E-state index in [0.717, 1.165) is 11.3 Å². The van der Waals surface area contributed by atoms with Gasteiger partial charge in [-0.25, -0.2) is 4.99 Å². The Morgan fingerprint density at radius 2 is 1.93 bits per heavy atom. The second-order valence-corrected chi connectivity index (χ2v) is 8.16. The minimum absolute atomic E-state index is 0. The Morgan fingerprint density at radius 1 is 1.21 bits per heavy atom. The van der Waals surface area contributed by atoms with E-state index in [-0.39, 0.29) is 30.5 Å². The van der Waals surface area contributed by atoms with Crippen molar-refractivity contribution >= 4 is 40.7 Å². The first-order chi connectivity index (χ1) is 12.9. The molecule has 0 aliphatic rings. The van der Waals surface area contributed by atoms with Crippen molar-refractivity contribution in [2.45, 2.75) is 32.1 Å². The molecular weight excluding hydrogens is 489 g/mol. The fourth-order valence-electron chi connectivity index (χ4n) is 2.49. The van der Waals surface area contributed by atoms with Crippen LogP contribution in [0.3, 0.4) is 0 Å². The van der Waals surface area contributed by atoms with Gasteiger partial charge in [-0.3, -0.25) is 4.21 Å². The summed E-state index contributed by atoms with van der Waals surface area (Å²) in [6, 6.07) is 13.4. The molecule has 2 atom stereocenters. The first-order valence-electron chi connectivity index (χ1n) is 9.11. The molecule has 0 saturated carbocycles. The summed E-state index contributed by atoms with van der Waals surface area (Å²) in [4.78, 5) is 4.44. The maximum atomic E-state index is 12.2. The second-order valence-electron chi connectivity index (χ2n) is 6.58. The maximum Gasteiger partial charge on any atom is 0.191 e. The Kier molecular flexibility index (Phi) is 10.8. The van der Waals surface area contributed by atoms with Crippen LogP contribution in [0.25, 0.3) is 0 Å². The maximum absolute atomic E-state index is 12.2. The molecule has 8 heteroatoms. The van der Waals surface area contributed by atoms with Gasteiger partial charge in [-0.05, 0) is 38.5 Å². The minimum atomic E-state index is -1.19. The van der Waals surface area contributed by atoms with Crippen molar-refractivity contribution < 1.29 is 13.7 Å². The van der Waals surface area contributed by atoms with E-state index >= 15 is 0 Å². The quantitative estimate of drug-likeness (QED) is 0.270. The van der Waals surface area contributed by atoms with E-state index < -0.39 is 16.4 Å². The van der Waals surface area contributed by atoms with Gasteiger partial charge >= 0.3 is 0 Å². The van der Waals surface area contributed by atoms with Crippen LogP contribution in [-0.2, 0) is 22.2 Å². The molecule has 0 spiro atoms. The second kappa shape index (κ2) is 12.2. The molecule has 2 unspecified atom stereocenters. The van der Waals surface area contributed by atoms with Crippen molar-refractivity contribution in [2.75, 3.05) is 25.4 Å². The van der Waals surface area contributed by atoms with Gasteiger partial charge in [-0.1, -0.05) is 30.3 Å². The Bertz CT molecular complexity index is 763. The van der Waals surface area contributed by atoms with Gasteiger partial charge in [0.2, 0.25) is 0 Å². The summed E-state index contributed by atoms with van der Waals surface area (Å²) in [5, 5.41) is 16.9. The number of hydrogen-bond donors (Lipinski definition) is 3. The number of rotatable bonds is 9. The van der Waals surface area contributed by atoms with E-state index in [1.807, 2.05) is 50.2 Å². The van der Waals surface area contributed by atoms with E-state index in [4.69, 9.17) is 4.42 Å². The third-order valence-corrected chi connectivity index (χ3v) is 5.27. The molecule has 156 valence electrons. The predicted octanol–water partition coefficient (Wildman–Crippen LogP) is 2.92. The first kappa shape index (κ1) is 24.6. The Balaban J connectivity index is 0.00000392. The molecule has 1 aromatic carbocycles. The Labute approximate surface area is 186 Å². The first-order valence-corrected chi connectivity index (χ1v) is 10.6. The van der Waals surface area contributed by atoms with Crippen molar-refractivity contribution in [2.24, 2.45) is 4.99 Å². The highest BCUT2D eigenvalue weighted by Crippen LogP contribution is 2.22. The summed E-state index contributed by atoms with van der Waals surface area (Å²) < 4.78 is 17.7. The van der Waals surface area contributed by atoms with Gasteiger partial charge in [0, 0.05) is 35.4 Å². The Hall–Kier alpha value is -1.39. The SMILES string of the molecule is CCNC(=NCC(C)(O)c1ccc(C)o1)NCCS(=O)Cc1ccccc1.I. The van der Waals surface area contributed by atoms with Crippen LogP contribution in [0.5, 0.6) is 0 Å². The van der Waals surface area contributed by atoms with E-state index in [9.17, 15) is 9.32 Å². The number of nitrogens with zero attached hydrogens (tertiary/aromatic N) is 1. The van der Waals surface area contributed by atoms with Crippen molar-refractivity contribution in [1.29, 1.82) is 0 Å². The highest BCUT2D eigenvalue weighted by atomic mass is 127. The monoisotopic (exact) mass is 519 g/mol. The molecule has 2 aromatic rings.